The lowest BCUT2D eigenvalue weighted by Crippen LogP contribution is -2.59. The predicted molar refractivity (Wildman–Crippen MR) is 83.4 cm³/mol. The summed E-state index contributed by atoms with van der Waals surface area (Å²) in [6.45, 7) is 5.22. The zero-order valence-corrected chi connectivity index (χ0v) is 12.5. The van der Waals surface area contributed by atoms with Gasteiger partial charge in [0.15, 0.2) is 0 Å². The second-order valence-corrected chi connectivity index (χ2v) is 6.23. The fourth-order valence-corrected chi connectivity index (χ4v) is 3.60. The summed E-state index contributed by atoms with van der Waals surface area (Å²) in [5, 5.41) is 7.40. The molecule has 0 amide bonds. The Morgan fingerprint density at radius 1 is 1.33 bits per heavy atom. The van der Waals surface area contributed by atoms with E-state index in [-0.39, 0.29) is 11.7 Å². The van der Waals surface area contributed by atoms with Crippen molar-refractivity contribution in [3.05, 3.63) is 29.6 Å². The molecule has 1 aromatic rings. The van der Waals surface area contributed by atoms with Gasteiger partial charge in [0, 0.05) is 30.7 Å². The van der Waals surface area contributed by atoms with Crippen molar-refractivity contribution in [2.45, 2.75) is 38.3 Å². The maximum atomic E-state index is 14.4. The van der Waals surface area contributed by atoms with Gasteiger partial charge in [0.2, 0.25) is 0 Å². The Balaban J connectivity index is 1.84. The van der Waals surface area contributed by atoms with Crippen LogP contribution in [0.5, 0.6) is 0 Å². The average molecular weight is 290 g/mol. The molecule has 0 aliphatic carbocycles. The van der Waals surface area contributed by atoms with Crippen molar-refractivity contribution in [2.24, 2.45) is 5.73 Å². The molecule has 0 saturated carbocycles. The van der Waals surface area contributed by atoms with E-state index in [1.165, 1.54) is 31.9 Å². The summed E-state index contributed by atoms with van der Waals surface area (Å²) < 4.78 is 14.4. The van der Waals surface area contributed by atoms with Crippen LogP contribution in [0.3, 0.4) is 0 Å². The molecule has 0 bridgehead atoms. The first-order valence-corrected chi connectivity index (χ1v) is 7.71. The average Bonchev–Trinajstić information content (AvgIpc) is 2.46. The first kappa shape index (κ1) is 14.3. The summed E-state index contributed by atoms with van der Waals surface area (Å²) in [6, 6.07) is 5.72. The maximum Gasteiger partial charge on any atom is 0.147 e. The van der Waals surface area contributed by atoms with Gasteiger partial charge in [0.05, 0.1) is 5.69 Å². The number of fused-ring (bicyclic) bond motifs is 1. The lowest BCUT2D eigenvalue weighted by atomic mass is 9.96. The van der Waals surface area contributed by atoms with Gasteiger partial charge in [-0.3, -0.25) is 10.3 Å². The standard InChI is InChI=1S/C16H23FN4/c1-11-9-20-7-3-2-4-13(20)10-21(11)15-6-5-12(16(18)19)8-14(15)17/h5-6,8,11,13H,2-4,7,9-10H2,1H3,(H3,18,19). The van der Waals surface area contributed by atoms with E-state index in [1.54, 1.807) is 12.1 Å². The first-order valence-electron chi connectivity index (χ1n) is 7.71. The van der Waals surface area contributed by atoms with Crippen molar-refractivity contribution in [3.8, 4) is 0 Å². The largest absolute Gasteiger partial charge is 0.384 e. The Morgan fingerprint density at radius 3 is 2.86 bits per heavy atom. The number of nitrogens with zero attached hydrogens (tertiary/aromatic N) is 2. The number of benzene rings is 1. The first-order chi connectivity index (χ1) is 10.1. The Bertz CT molecular complexity index is 545. The lowest BCUT2D eigenvalue weighted by molar-refractivity contribution is 0.115. The van der Waals surface area contributed by atoms with Crippen LogP contribution in [0.2, 0.25) is 0 Å². The van der Waals surface area contributed by atoms with Crippen molar-refractivity contribution < 1.29 is 4.39 Å². The van der Waals surface area contributed by atoms with Gasteiger partial charge in [0.25, 0.3) is 0 Å². The number of amidine groups is 1. The lowest BCUT2D eigenvalue weighted by Gasteiger charge is -2.48. The molecule has 2 atom stereocenters. The monoisotopic (exact) mass is 290 g/mol. The van der Waals surface area contributed by atoms with Crippen LogP contribution in [-0.4, -0.2) is 42.5 Å². The van der Waals surface area contributed by atoms with E-state index in [2.05, 4.69) is 16.7 Å². The van der Waals surface area contributed by atoms with Crippen LogP contribution in [0, 0.1) is 11.2 Å². The zero-order valence-electron chi connectivity index (χ0n) is 12.5. The molecule has 1 aromatic carbocycles. The van der Waals surface area contributed by atoms with Crippen LogP contribution in [-0.2, 0) is 0 Å². The molecular formula is C16H23FN4. The van der Waals surface area contributed by atoms with E-state index in [9.17, 15) is 4.39 Å². The molecule has 0 spiro atoms. The van der Waals surface area contributed by atoms with E-state index >= 15 is 0 Å². The second kappa shape index (κ2) is 5.64. The van der Waals surface area contributed by atoms with Gasteiger partial charge in [-0.05, 0) is 44.5 Å². The van der Waals surface area contributed by atoms with Crippen molar-refractivity contribution in [1.82, 2.24) is 4.90 Å². The predicted octanol–water partition coefficient (Wildman–Crippen LogP) is 2.17. The fourth-order valence-electron chi connectivity index (χ4n) is 3.60. The number of halogens is 1. The van der Waals surface area contributed by atoms with Crippen LogP contribution < -0.4 is 10.6 Å². The molecule has 2 fully saturated rings. The molecule has 3 rings (SSSR count). The summed E-state index contributed by atoms with van der Waals surface area (Å²) in [7, 11) is 0. The highest BCUT2D eigenvalue weighted by Crippen LogP contribution is 2.30. The second-order valence-electron chi connectivity index (χ2n) is 6.23. The summed E-state index contributed by atoms with van der Waals surface area (Å²) in [5.41, 5.74) is 6.50. The number of piperazine rings is 1. The number of nitrogens with two attached hydrogens (primary N) is 1. The number of hydrogen-bond acceptors (Lipinski definition) is 3. The minimum absolute atomic E-state index is 0.0920. The van der Waals surface area contributed by atoms with Gasteiger partial charge in [-0.2, -0.15) is 0 Å². The third kappa shape index (κ3) is 2.75. The van der Waals surface area contributed by atoms with Gasteiger partial charge >= 0.3 is 0 Å². The van der Waals surface area contributed by atoms with Crippen molar-refractivity contribution >= 4 is 11.5 Å². The van der Waals surface area contributed by atoms with E-state index in [0.717, 1.165) is 13.1 Å². The molecular weight excluding hydrogens is 267 g/mol. The Kier molecular flexibility index (Phi) is 3.85. The molecule has 2 saturated heterocycles. The summed E-state index contributed by atoms with van der Waals surface area (Å²) in [4.78, 5) is 4.72. The quantitative estimate of drug-likeness (QED) is 0.648. The Labute approximate surface area is 125 Å². The van der Waals surface area contributed by atoms with Gasteiger partial charge in [-0.25, -0.2) is 4.39 Å². The normalized spacial score (nSPS) is 26.5. The summed E-state index contributed by atoms with van der Waals surface area (Å²) >= 11 is 0. The van der Waals surface area contributed by atoms with Crippen LogP contribution in [0.4, 0.5) is 10.1 Å². The van der Waals surface area contributed by atoms with Gasteiger partial charge in [-0.1, -0.05) is 6.42 Å². The van der Waals surface area contributed by atoms with E-state index in [0.29, 0.717) is 23.3 Å². The minimum Gasteiger partial charge on any atom is -0.384 e. The third-order valence-electron chi connectivity index (χ3n) is 4.76. The smallest absolute Gasteiger partial charge is 0.147 e. The molecule has 0 radical (unpaired) electrons. The maximum absolute atomic E-state index is 14.4. The molecule has 0 aromatic heterocycles. The number of anilines is 1. The molecule has 21 heavy (non-hydrogen) atoms. The Morgan fingerprint density at radius 2 is 2.14 bits per heavy atom. The van der Waals surface area contributed by atoms with Crippen LogP contribution >= 0.6 is 0 Å². The molecule has 2 aliphatic rings. The minimum atomic E-state index is -0.279. The molecule has 4 nitrogen and oxygen atoms in total. The van der Waals surface area contributed by atoms with Crippen molar-refractivity contribution in [1.29, 1.82) is 5.41 Å². The summed E-state index contributed by atoms with van der Waals surface area (Å²) in [6.07, 6.45) is 3.76. The van der Waals surface area contributed by atoms with E-state index in [1.807, 2.05) is 0 Å². The number of rotatable bonds is 2. The third-order valence-corrected chi connectivity index (χ3v) is 4.76. The van der Waals surface area contributed by atoms with Crippen molar-refractivity contribution in [3.63, 3.8) is 0 Å². The zero-order chi connectivity index (χ0) is 15.0. The van der Waals surface area contributed by atoms with Crippen LogP contribution in [0.25, 0.3) is 0 Å². The number of nitrogen functional groups attached to an aromatic ring is 1. The number of hydrogen-bond donors (Lipinski definition) is 2. The SMILES string of the molecule is CC1CN2CCCCC2CN1c1ccc(C(=N)N)cc1F. The van der Waals surface area contributed by atoms with Crippen LogP contribution in [0.1, 0.15) is 31.7 Å². The highest BCUT2D eigenvalue weighted by molar-refractivity contribution is 5.95. The molecule has 2 unspecified atom stereocenters. The topological polar surface area (TPSA) is 56.4 Å². The number of piperidine rings is 1. The van der Waals surface area contributed by atoms with Gasteiger partial charge in [-0.15, -0.1) is 0 Å². The molecule has 5 heteroatoms. The number of nitrogens with one attached hydrogen (secondary N) is 1. The van der Waals surface area contributed by atoms with E-state index in [4.69, 9.17) is 11.1 Å². The Hall–Kier alpha value is -1.62. The van der Waals surface area contributed by atoms with Crippen LogP contribution in [0.15, 0.2) is 18.2 Å². The van der Waals surface area contributed by atoms with Crippen molar-refractivity contribution in [2.75, 3.05) is 24.5 Å². The molecule has 3 N–H and O–H groups in total. The van der Waals surface area contributed by atoms with Gasteiger partial charge in [0.1, 0.15) is 11.7 Å². The molecule has 114 valence electrons. The molecule has 2 heterocycles. The fraction of sp³-hybridized carbons (Fsp3) is 0.562. The van der Waals surface area contributed by atoms with E-state index < -0.39 is 0 Å². The summed E-state index contributed by atoms with van der Waals surface area (Å²) in [5.74, 6) is -0.371. The highest BCUT2D eigenvalue weighted by atomic mass is 19.1. The van der Waals surface area contributed by atoms with Gasteiger partial charge < -0.3 is 10.6 Å². The highest BCUT2D eigenvalue weighted by Gasteiger charge is 2.33. The molecule has 2 aliphatic heterocycles.